The van der Waals surface area contributed by atoms with Crippen molar-refractivity contribution in [1.82, 2.24) is 0 Å². The van der Waals surface area contributed by atoms with Crippen LogP contribution in [0.1, 0.15) is 36.6 Å². The third-order valence-corrected chi connectivity index (χ3v) is 4.90. The highest BCUT2D eigenvalue weighted by atomic mass is 16.5. The normalized spacial score (nSPS) is 16.1. The molecule has 27 heavy (non-hydrogen) atoms. The van der Waals surface area contributed by atoms with Crippen molar-refractivity contribution >= 4 is 17.6 Å². The Morgan fingerprint density at radius 2 is 1.96 bits per heavy atom. The maximum Gasteiger partial charge on any atom is 0.317 e. The number of fused-ring (bicyclic) bond motifs is 1. The second kappa shape index (κ2) is 7.00. The molecule has 1 N–H and O–H groups in total. The van der Waals surface area contributed by atoms with Crippen LogP contribution in [-0.2, 0) is 16.0 Å². The van der Waals surface area contributed by atoms with Gasteiger partial charge in [0.05, 0.1) is 5.41 Å². The topological polar surface area (TPSA) is 66.8 Å². The molecule has 0 aliphatic carbocycles. The molecule has 2 aromatic carbocycles. The van der Waals surface area contributed by atoms with E-state index in [2.05, 4.69) is 6.58 Å². The number of aliphatic hydroxyl groups is 1. The molecule has 1 aliphatic rings. The van der Waals surface area contributed by atoms with E-state index in [1.54, 1.807) is 19.2 Å². The van der Waals surface area contributed by atoms with E-state index in [1.807, 2.05) is 44.2 Å². The minimum Gasteiger partial charge on any atom is -0.426 e. The molecular formula is C22H23NO4. The molecule has 0 fully saturated rings. The van der Waals surface area contributed by atoms with Gasteiger partial charge < -0.3 is 14.7 Å². The lowest BCUT2D eigenvalue weighted by Gasteiger charge is -2.32. The van der Waals surface area contributed by atoms with Gasteiger partial charge in [0.1, 0.15) is 11.9 Å². The number of carbonyl (C=O) groups excluding carboxylic acids is 2. The maximum atomic E-state index is 12.3. The Bertz CT molecular complexity index is 902. The number of ether oxygens (including phenoxy) is 1. The molecule has 1 atom stereocenters. The summed E-state index contributed by atoms with van der Waals surface area (Å²) in [5.41, 5.74) is 1.96. The van der Waals surface area contributed by atoms with Crippen molar-refractivity contribution in [2.75, 3.05) is 11.9 Å². The quantitative estimate of drug-likeness (QED) is 0.512. The molecule has 2 aromatic rings. The van der Waals surface area contributed by atoms with Gasteiger partial charge in [0, 0.05) is 24.4 Å². The summed E-state index contributed by atoms with van der Waals surface area (Å²) in [6.45, 7) is 7.14. The van der Waals surface area contributed by atoms with E-state index in [1.165, 1.54) is 11.0 Å². The van der Waals surface area contributed by atoms with E-state index >= 15 is 0 Å². The van der Waals surface area contributed by atoms with E-state index in [-0.39, 0.29) is 11.9 Å². The van der Waals surface area contributed by atoms with E-state index in [0.29, 0.717) is 23.4 Å². The number of hydrogen-bond donors (Lipinski definition) is 1. The molecule has 0 radical (unpaired) electrons. The Labute approximate surface area is 158 Å². The van der Waals surface area contributed by atoms with Crippen LogP contribution in [-0.4, -0.2) is 24.0 Å². The first kappa shape index (κ1) is 18.9. The average molecular weight is 365 g/mol. The number of esters is 1. The first-order valence-corrected chi connectivity index (χ1v) is 8.77. The first-order valence-electron chi connectivity index (χ1n) is 8.77. The highest BCUT2D eigenvalue weighted by Gasteiger charge is 2.38. The Hall–Kier alpha value is -2.92. The molecule has 5 heteroatoms. The van der Waals surface area contributed by atoms with E-state index < -0.39 is 11.5 Å². The van der Waals surface area contributed by atoms with Gasteiger partial charge in [0.25, 0.3) is 0 Å². The average Bonchev–Trinajstić information content (AvgIpc) is 2.67. The second-order valence-electron chi connectivity index (χ2n) is 7.38. The zero-order valence-corrected chi connectivity index (χ0v) is 15.7. The Morgan fingerprint density at radius 3 is 2.59 bits per heavy atom. The zero-order valence-electron chi connectivity index (χ0n) is 15.7. The number of amides is 1. The van der Waals surface area contributed by atoms with Gasteiger partial charge in [-0.1, -0.05) is 36.9 Å². The van der Waals surface area contributed by atoms with Crippen LogP contribution in [0.4, 0.5) is 5.69 Å². The predicted molar refractivity (Wildman–Crippen MR) is 104 cm³/mol. The molecule has 0 saturated carbocycles. The molecule has 1 amide bonds. The standard InChI is InChI=1S/C22H23NO4/c1-5-19(24)23(4)15-11-16(20(25)14-9-7-6-8-10-14)17-13-22(2,3)21(26)27-18(17)12-15/h5-12,20,25H,1,13H2,2-4H3/t20-/m1/s1. The van der Waals surface area contributed by atoms with E-state index in [0.717, 1.165) is 11.1 Å². The van der Waals surface area contributed by atoms with E-state index in [9.17, 15) is 14.7 Å². The fraction of sp³-hybridized carbons (Fsp3) is 0.273. The molecule has 0 saturated heterocycles. The molecule has 0 unspecified atom stereocenters. The number of anilines is 1. The fourth-order valence-electron chi connectivity index (χ4n) is 3.20. The minimum atomic E-state index is -0.903. The first-order chi connectivity index (χ1) is 12.7. The summed E-state index contributed by atoms with van der Waals surface area (Å²) in [7, 11) is 1.61. The van der Waals surface area contributed by atoms with Gasteiger partial charge in [-0.15, -0.1) is 0 Å². The largest absolute Gasteiger partial charge is 0.426 e. The number of likely N-dealkylation sites (N-methyl/N-ethyl adjacent to an activating group) is 1. The van der Waals surface area contributed by atoms with Gasteiger partial charge in [-0.05, 0) is 43.5 Å². The van der Waals surface area contributed by atoms with Crippen molar-refractivity contribution in [3.05, 3.63) is 71.8 Å². The fourth-order valence-corrected chi connectivity index (χ4v) is 3.20. The van der Waals surface area contributed by atoms with Crippen LogP contribution in [0.25, 0.3) is 0 Å². The molecule has 140 valence electrons. The minimum absolute atomic E-state index is 0.294. The van der Waals surface area contributed by atoms with Gasteiger partial charge in [0.15, 0.2) is 0 Å². The SMILES string of the molecule is C=CC(=O)N(C)c1cc2c(c([C@H](O)c3ccccc3)c1)CC(C)(C)C(=O)O2. The van der Waals surface area contributed by atoms with E-state index in [4.69, 9.17) is 4.74 Å². The van der Waals surface area contributed by atoms with Crippen LogP contribution in [0.5, 0.6) is 5.75 Å². The van der Waals surface area contributed by atoms with Crippen molar-refractivity contribution < 1.29 is 19.4 Å². The molecule has 0 bridgehead atoms. The molecule has 3 rings (SSSR count). The lowest BCUT2D eigenvalue weighted by molar-refractivity contribution is -0.145. The van der Waals surface area contributed by atoms with Gasteiger partial charge in [0.2, 0.25) is 5.91 Å². The predicted octanol–water partition coefficient (Wildman–Crippen LogP) is 3.40. The third-order valence-electron chi connectivity index (χ3n) is 4.90. The molecule has 0 aromatic heterocycles. The summed E-state index contributed by atoms with van der Waals surface area (Å²) in [5, 5.41) is 11.0. The molecule has 1 aliphatic heterocycles. The summed E-state index contributed by atoms with van der Waals surface area (Å²) in [6.07, 6.45) is 0.751. The van der Waals surface area contributed by atoms with Crippen LogP contribution in [0, 0.1) is 5.41 Å². The number of hydrogen-bond acceptors (Lipinski definition) is 4. The molecule has 5 nitrogen and oxygen atoms in total. The lowest BCUT2D eigenvalue weighted by Crippen LogP contribution is -2.36. The number of carbonyl (C=O) groups is 2. The van der Waals surface area contributed by atoms with Crippen LogP contribution >= 0.6 is 0 Å². The number of aliphatic hydroxyl groups excluding tert-OH is 1. The van der Waals surface area contributed by atoms with Crippen molar-refractivity contribution in [2.24, 2.45) is 5.41 Å². The van der Waals surface area contributed by atoms with Crippen molar-refractivity contribution in [3.63, 3.8) is 0 Å². The zero-order chi connectivity index (χ0) is 19.8. The number of nitrogens with zero attached hydrogens (tertiary/aromatic N) is 1. The summed E-state index contributed by atoms with van der Waals surface area (Å²) in [4.78, 5) is 25.8. The van der Waals surface area contributed by atoms with Gasteiger partial charge in [-0.25, -0.2) is 0 Å². The van der Waals surface area contributed by atoms with Crippen LogP contribution in [0.15, 0.2) is 55.1 Å². The third kappa shape index (κ3) is 3.51. The number of benzene rings is 2. The monoisotopic (exact) mass is 365 g/mol. The highest BCUT2D eigenvalue weighted by Crippen LogP contribution is 2.42. The van der Waals surface area contributed by atoms with Crippen LogP contribution < -0.4 is 9.64 Å². The molecular weight excluding hydrogens is 342 g/mol. The second-order valence-corrected chi connectivity index (χ2v) is 7.38. The van der Waals surface area contributed by atoms with Crippen molar-refractivity contribution in [2.45, 2.75) is 26.4 Å². The Morgan fingerprint density at radius 1 is 1.30 bits per heavy atom. The van der Waals surface area contributed by atoms with Crippen molar-refractivity contribution in [1.29, 1.82) is 0 Å². The highest BCUT2D eigenvalue weighted by molar-refractivity contribution is 6.01. The molecule has 0 spiro atoms. The van der Waals surface area contributed by atoms with Gasteiger partial charge in [-0.3, -0.25) is 9.59 Å². The molecule has 1 heterocycles. The van der Waals surface area contributed by atoms with Gasteiger partial charge >= 0.3 is 5.97 Å². The van der Waals surface area contributed by atoms with Crippen LogP contribution in [0.3, 0.4) is 0 Å². The van der Waals surface area contributed by atoms with Crippen LogP contribution in [0.2, 0.25) is 0 Å². The maximum absolute atomic E-state index is 12.3. The summed E-state index contributed by atoms with van der Waals surface area (Å²) >= 11 is 0. The Balaban J connectivity index is 2.17. The van der Waals surface area contributed by atoms with Crippen molar-refractivity contribution in [3.8, 4) is 5.75 Å². The lowest BCUT2D eigenvalue weighted by atomic mass is 9.80. The smallest absolute Gasteiger partial charge is 0.317 e. The summed E-state index contributed by atoms with van der Waals surface area (Å²) in [6, 6.07) is 12.7. The Kier molecular flexibility index (Phi) is 4.89. The summed E-state index contributed by atoms with van der Waals surface area (Å²) in [5.74, 6) is -0.243. The van der Waals surface area contributed by atoms with Gasteiger partial charge in [-0.2, -0.15) is 0 Å². The summed E-state index contributed by atoms with van der Waals surface area (Å²) < 4.78 is 5.56. The number of rotatable bonds is 4.